The summed E-state index contributed by atoms with van der Waals surface area (Å²) in [5.41, 5.74) is 14.5. The van der Waals surface area contributed by atoms with Gasteiger partial charge in [-0.3, -0.25) is 34.0 Å². The van der Waals surface area contributed by atoms with Crippen molar-refractivity contribution in [3.05, 3.63) is 180 Å². The van der Waals surface area contributed by atoms with E-state index < -0.39 is 66.3 Å². The fourth-order valence-corrected chi connectivity index (χ4v) is 15.1. The van der Waals surface area contributed by atoms with Gasteiger partial charge in [0.1, 0.15) is 50.6 Å². The van der Waals surface area contributed by atoms with Gasteiger partial charge in [0, 0.05) is 48.8 Å². The van der Waals surface area contributed by atoms with Gasteiger partial charge in [-0.1, -0.05) is 145 Å². The number of hydrazone groups is 1. The highest BCUT2D eigenvalue weighted by Gasteiger charge is 2.42. The molecule has 26 heteroatoms. The molecule has 3 aliphatic heterocycles. The number of hydrogen-bond donors (Lipinski definition) is 4. The zero-order valence-corrected chi connectivity index (χ0v) is 59.3. The standard InChI is InChI=1S/C76H82N14O10S2/c1-49(85(5)75(95)99-47-65-61-37-19-15-33-57(61)58-34-16-20-38-62(58)65)69(91)77-67(71(93)87-41-25-27-53(87)45-89-73(79-81-83-89)101-55-29-11-9-12-30-55)51(3)97-43-23-7-8-24-44-98-52(4)68(72(94)88-42-26-28-54(88)46-90-74(80-82-84-90)102-56-31-13-10-14-32-56)78-70(92)50(2)86(6)76(96)100-48-66-63-39-21-17-35-59(63)60-36-18-22-40-64(60)66/h9-22,29-40,49-54,65-68,81,83H,25-28,41-48H2,1-6H3,(H,77,91)(H,78,92)/t49-,50-,51?,52+,53-,54?,67-,68-/m0/s1. The lowest BCUT2D eigenvalue weighted by Crippen LogP contribution is -2.59. The van der Waals surface area contributed by atoms with E-state index in [9.17, 15) is 28.8 Å². The van der Waals surface area contributed by atoms with Crippen LogP contribution in [0.3, 0.4) is 0 Å². The van der Waals surface area contributed by atoms with E-state index >= 15 is 0 Å². The van der Waals surface area contributed by atoms with Gasteiger partial charge >= 0.3 is 12.2 Å². The fourth-order valence-electron chi connectivity index (χ4n) is 13.5. The average molecular weight is 1420 g/mol. The third kappa shape index (κ3) is 16.5. The molecule has 24 nitrogen and oxygen atoms in total. The van der Waals surface area contributed by atoms with Crippen LogP contribution in [0.15, 0.2) is 178 Å². The highest BCUT2D eigenvalue weighted by molar-refractivity contribution is 8.13. The summed E-state index contributed by atoms with van der Waals surface area (Å²) >= 11 is 2.87. The van der Waals surface area contributed by atoms with Crippen LogP contribution in [0.2, 0.25) is 0 Å². The van der Waals surface area contributed by atoms with Crippen LogP contribution in [-0.2, 0) is 44.7 Å². The molecule has 7 aromatic rings. The molecular formula is C76H82N14O10S2. The second-order valence-corrected chi connectivity index (χ2v) is 27.7. The van der Waals surface area contributed by atoms with Crippen molar-refractivity contribution in [1.82, 2.24) is 66.5 Å². The first-order chi connectivity index (χ1) is 49.6. The zero-order chi connectivity index (χ0) is 71.2. The summed E-state index contributed by atoms with van der Waals surface area (Å²) in [6.07, 6.45) is -0.539. The van der Waals surface area contributed by atoms with E-state index in [0.29, 0.717) is 62.2 Å². The number of fused-ring (bicyclic) bond motifs is 6. The van der Waals surface area contributed by atoms with E-state index in [-0.39, 0.29) is 56.3 Å². The highest BCUT2D eigenvalue weighted by Crippen LogP contribution is 2.46. The summed E-state index contributed by atoms with van der Waals surface area (Å²) in [5.74, 6) is 8.99. The number of nitrogens with one attached hydrogen (secondary N) is 4. The van der Waals surface area contributed by atoms with Crippen LogP contribution in [0.4, 0.5) is 9.59 Å². The largest absolute Gasteiger partial charge is 0.448 e. The van der Waals surface area contributed by atoms with Gasteiger partial charge in [-0.2, -0.15) is 0 Å². The maximum Gasteiger partial charge on any atom is 0.410 e. The van der Waals surface area contributed by atoms with Gasteiger partial charge in [-0.25, -0.2) is 19.8 Å². The summed E-state index contributed by atoms with van der Waals surface area (Å²) in [7, 11) is 2.97. The first-order valence-corrected chi connectivity index (χ1v) is 35.9. The molecule has 8 atom stereocenters. The van der Waals surface area contributed by atoms with Crippen LogP contribution in [0.25, 0.3) is 22.3 Å². The summed E-state index contributed by atoms with van der Waals surface area (Å²) in [6, 6.07) is 46.5. The smallest absolute Gasteiger partial charge is 0.410 e. The number of likely N-dealkylation sites (N-methyl/N-ethyl adjacent to an activating group) is 2. The second-order valence-electron chi connectivity index (χ2n) is 25.6. The first-order valence-electron chi connectivity index (χ1n) is 34.3. The molecular weight excluding hydrogens is 1330 g/mol. The molecule has 0 spiro atoms. The lowest BCUT2D eigenvalue weighted by Gasteiger charge is -2.34. The molecule has 1 aromatic heterocycles. The van der Waals surface area contributed by atoms with Crippen LogP contribution < -0.4 is 21.7 Å². The number of amidine groups is 1. The number of nitrogens with zero attached hydrogens (tertiary/aromatic N) is 10. The van der Waals surface area contributed by atoms with Crippen LogP contribution in [-0.4, -0.2) is 194 Å². The van der Waals surface area contributed by atoms with Crippen LogP contribution >= 0.6 is 23.5 Å². The number of thioether (sulfide) groups is 1. The minimum Gasteiger partial charge on any atom is -0.448 e. The van der Waals surface area contributed by atoms with Crippen molar-refractivity contribution in [3.8, 4) is 45.9 Å². The van der Waals surface area contributed by atoms with Gasteiger partial charge in [0.05, 0.1) is 37.4 Å². The first kappa shape index (κ1) is 71.6. The number of hydrogen-bond acceptors (Lipinski definition) is 19. The Morgan fingerprint density at radius 2 is 0.971 bits per heavy atom. The number of hydrazine groups is 2. The predicted molar refractivity (Wildman–Crippen MR) is 385 cm³/mol. The van der Waals surface area contributed by atoms with E-state index in [2.05, 4.69) is 90.3 Å². The number of benzene rings is 6. The average Bonchev–Trinajstić information content (AvgIpc) is 1.62. The van der Waals surface area contributed by atoms with Crippen LogP contribution in [0.5, 0.6) is 0 Å². The maximum absolute atomic E-state index is 15.0. The van der Waals surface area contributed by atoms with Crippen LogP contribution in [0.1, 0.15) is 87.5 Å². The predicted octanol–water partition coefficient (Wildman–Crippen LogP) is 8.52. The van der Waals surface area contributed by atoms with Crippen molar-refractivity contribution in [2.45, 2.75) is 135 Å². The highest BCUT2D eigenvalue weighted by atomic mass is 32.2. The number of carbonyl (C=O) groups excluding carboxylic acids is 6. The number of rotatable bonds is 25. The number of carbonyl (C=O) groups is 6. The molecule has 2 fully saturated rings. The molecule has 528 valence electrons. The summed E-state index contributed by atoms with van der Waals surface area (Å²) < 4.78 is 26.0. The quantitative estimate of drug-likeness (QED) is 0.0391. The molecule has 2 unspecified atom stereocenters. The number of likely N-dealkylation sites (tertiary alicyclic amines) is 2. The maximum atomic E-state index is 15.0. The van der Waals surface area contributed by atoms with Gasteiger partial charge in [0.2, 0.25) is 34.0 Å². The lowest BCUT2D eigenvalue weighted by atomic mass is 9.98. The number of amides is 6. The van der Waals surface area contributed by atoms with Gasteiger partial charge in [-0.15, -0.1) is 15.7 Å². The van der Waals surface area contributed by atoms with Gasteiger partial charge in [0.15, 0.2) is 0 Å². The van der Waals surface area contributed by atoms with Crippen LogP contribution in [0, 0.1) is 23.7 Å². The number of ether oxygens (including phenoxy) is 4. The Morgan fingerprint density at radius 1 is 0.559 bits per heavy atom. The molecule has 102 heavy (non-hydrogen) atoms. The van der Waals surface area contributed by atoms with E-state index in [1.165, 1.54) is 47.4 Å². The molecule has 2 aliphatic carbocycles. The Morgan fingerprint density at radius 3 is 1.42 bits per heavy atom. The summed E-state index contributed by atoms with van der Waals surface area (Å²) in [5, 5.41) is 25.9. The van der Waals surface area contributed by atoms with Crippen molar-refractivity contribution in [3.63, 3.8) is 0 Å². The van der Waals surface area contributed by atoms with Crippen molar-refractivity contribution < 1.29 is 47.7 Å². The number of tetrazole rings is 1. The molecule has 0 saturated carbocycles. The topological polar surface area (TPSA) is 260 Å². The normalized spacial score (nSPS) is 17.5. The van der Waals surface area contributed by atoms with Crippen molar-refractivity contribution in [2.24, 2.45) is 5.10 Å². The monoisotopic (exact) mass is 1410 g/mol. The fraction of sp³-hybridized carbons (Fsp3) is 0.368. The molecule has 5 aliphatic rings. The van der Waals surface area contributed by atoms with Gasteiger partial charge in [-0.05, 0) is 168 Å². The van der Waals surface area contributed by atoms with Crippen molar-refractivity contribution in [1.29, 1.82) is 0 Å². The second kappa shape index (κ2) is 33.5. The Hall–Kier alpha value is -10.2. The third-order valence-corrected chi connectivity index (χ3v) is 21.4. The summed E-state index contributed by atoms with van der Waals surface area (Å²) in [4.78, 5) is 94.2. The van der Waals surface area contributed by atoms with E-state index in [4.69, 9.17) is 18.9 Å². The minimum absolute atomic E-state index is 0.0520. The lowest BCUT2D eigenvalue weighted by molar-refractivity contribution is -0.142. The molecule has 12 rings (SSSR count). The van der Waals surface area contributed by atoms with E-state index in [0.717, 1.165) is 54.3 Å². The third-order valence-electron chi connectivity index (χ3n) is 19.4. The Balaban J connectivity index is 0.696. The molecule has 4 heterocycles. The molecule has 6 aromatic carbocycles. The van der Waals surface area contributed by atoms with Crippen molar-refractivity contribution in [2.75, 3.05) is 60.2 Å². The molecule has 4 N–H and O–H groups in total. The Labute approximate surface area is 601 Å². The van der Waals surface area contributed by atoms with Crippen molar-refractivity contribution >= 4 is 64.5 Å². The summed E-state index contributed by atoms with van der Waals surface area (Å²) in [6.45, 7) is 7.72. The van der Waals surface area contributed by atoms with Gasteiger partial charge < -0.3 is 39.4 Å². The van der Waals surface area contributed by atoms with E-state index in [1.54, 1.807) is 42.2 Å². The Bertz CT molecular complexity index is 4240. The molecule has 2 saturated heterocycles. The zero-order valence-electron chi connectivity index (χ0n) is 57.6. The van der Waals surface area contributed by atoms with Gasteiger partial charge in [0.25, 0.3) is 0 Å². The molecule has 0 radical (unpaired) electrons. The molecule has 0 bridgehead atoms. The SMILES string of the molecule is CC(OCC#CC#CCO[C@H](C)[C@H](NC(=O)[C@H](C)N(C)C(=O)OCC1c2ccccc2-c2ccccc21)C(=O)N1CCCC1Cn1nnnc1Sc1ccccc1)[C@H](NC(=O)[C@H](C)N(C)C(=O)OCC1c2ccccc2-c2ccccc21)C(=O)N1CCC[C@H]1CN1NNN=C1Sc1ccccc1. The number of aromatic nitrogens is 4. The Kier molecular flexibility index (Phi) is 23.5. The molecule has 6 amide bonds. The minimum atomic E-state index is -1.23. The van der Waals surface area contributed by atoms with E-state index in [1.807, 2.05) is 138 Å².